The van der Waals surface area contributed by atoms with Gasteiger partial charge in [0.15, 0.2) is 11.6 Å². The number of hydrogen-bond acceptors (Lipinski definition) is 2. The van der Waals surface area contributed by atoms with E-state index in [0.29, 0.717) is 13.1 Å². The molecule has 0 saturated carbocycles. The van der Waals surface area contributed by atoms with Crippen molar-refractivity contribution in [1.82, 2.24) is 4.90 Å². The molecule has 1 saturated heterocycles. The van der Waals surface area contributed by atoms with Gasteiger partial charge in [0, 0.05) is 18.8 Å². The summed E-state index contributed by atoms with van der Waals surface area (Å²) >= 11 is 1.78. The fourth-order valence-electron chi connectivity index (χ4n) is 1.79. The molecule has 0 aliphatic carbocycles. The first-order valence-electron chi connectivity index (χ1n) is 5.51. The topological polar surface area (TPSA) is 20.3 Å². The van der Waals surface area contributed by atoms with Crippen LogP contribution in [0.25, 0.3) is 0 Å². The highest BCUT2D eigenvalue weighted by atomic mass is 32.2. The van der Waals surface area contributed by atoms with E-state index in [9.17, 15) is 13.6 Å². The summed E-state index contributed by atoms with van der Waals surface area (Å²) in [6.07, 6.45) is 0.896. The van der Waals surface area contributed by atoms with Crippen LogP contribution < -0.4 is 0 Å². The minimum atomic E-state index is -1.05. The van der Waals surface area contributed by atoms with Gasteiger partial charge in [0.05, 0.1) is 5.56 Å². The van der Waals surface area contributed by atoms with Crippen molar-refractivity contribution in [2.45, 2.75) is 6.42 Å². The molecule has 0 spiro atoms. The molecule has 17 heavy (non-hydrogen) atoms. The fourth-order valence-corrected chi connectivity index (χ4v) is 2.68. The van der Waals surface area contributed by atoms with Crippen molar-refractivity contribution in [2.75, 3.05) is 24.6 Å². The van der Waals surface area contributed by atoms with E-state index >= 15 is 0 Å². The second-order valence-corrected chi connectivity index (χ2v) is 5.08. The van der Waals surface area contributed by atoms with Crippen molar-refractivity contribution in [3.8, 4) is 0 Å². The van der Waals surface area contributed by atoms with Crippen LogP contribution in [-0.4, -0.2) is 35.4 Å². The number of thioether (sulfide) groups is 1. The normalized spacial score (nSPS) is 16.7. The summed E-state index contributed by atoms with van der Waals surface area (Å²) in [7, 11) is 0. The average Bonchev–Trinajstić information content (AvgIpc) is 2.60. The SMILES string of the molecule is O=C(c1cccc(F)c1F)N1CCCSCC1. The molecule has 1 aliphatic heterocycles. The van der Waals surface area contributed by atoms with Gasteiger partial charge in [-0.1, -0.05) is 6.07 Å². The van der Waals surface area contributed by atoms with Crippen molar-refractivity contribution < 1.29 is 13.6 Å². The Kier molecular flexibility index (Phi) is 3.99. The molecule has 0 bridgehead atoms. The maximum absolute atomic E-state index is 13.5. The molecule has 5 heteroatoms. The van der Waals surface area contributed by atoms with Crippen molar-refractivity contribution >= 4 is 17.7 Å². The number of amides is 1. The zero-order valence-corrected chi connectivity index (χ0v) is 10.1. The predicted octanol–water partition coefficient (Wildman–Crippen LogP) is 2.54. The highest BCUT2D eigenvalue weighted by Crippen LogP contribution is 2.17. The van der Waals surface area contributed by atoms with Crippen molar-refractivity contribution in [3.05, 3.63) is 35.4 Å². The number of carbonyl (C=O) groups excluding carboxylic acids is 1. The minimum absolute atomic E-state index is 0.170. The number of halogens is 2. The molecule has 2 nitrogen and oxygen atoms in total. The van der Waals surface area contributed by atoms with E-state index in [4.69, 9.17) is 0 Å². The molecule has 92 valence electrons. The van der Waals surface area contributed by atoms with Crippen LogP contribution in [0, 0.1) is 11.6 Å². The van der Waals surface area contributed by atoms with Gasteiger partial charge in [0.1, 0.15) is 0 Å². The summed E-state index contributed by atoms with van der Waals surface area (Å²) in [6, 6.07) is 3.71. The number of benzene rings is 1. The van der Waals surface area contributed by atoms with Crippen LogP contribution in [0.15, 0.2) is 18.2 Å². The summed E-state index contributed by atoms with van der Waals surface area (Å²) in [5.41, 5.74) is -0.170. The molecule has 1 aliphatic rings. The summed E-state index contributed by atoms with van der Waals surface area (Å²) in [4.78, 5) is 13.6. The zero-order chi connectivity index (χ0) is 12.3. The smallest absolute Gasteiger partial charge is 0.256 e. The lowest BCUT2D eigenvalue weighted by Crippen LogP contribution is -2.33. The first-order valence-corrected chi connectivity index (χ1v) is 6.66. The Morgan fingerprint density at radius 3 is 2.88 bits per heavy atom. The molecular formula is C12H13F2NOS. The Hall–Kier alpha value is -1.10. The molecule has 0 aromatic heterocycles. The van der Waals surface area contributed by atoms with Gasteiger partial charge in [-0.05, 0) is 24.3 Å². The van der Waals surface area contributed by atoms with Crippen LogP contribution in [0.3, 0.4) is 0 Å². The van der Waals surface area contributed by atoms with Crippen LogP contribution in [0.4, 0.5) is 8.78 Å². The van der Waals surface area contributed by atoms with Gasteiger partial charge in [-0.25, -0.2) is 8.78 Å². The van der Waals surface area contributed by atoms with Gasteiger partial charge in [-0.2, -0.15) is 11.8 Å². The molecule has 1 aromatic rings. The third-order valence-electron chi connectivity index (χ3n) is 2.69. The van der Waals surface area contributed by atoms with Gasteiger partial charge in [0.25, 0.3) is 5.91 Å². The summed E-state index contributed by atoms with van der Waals surface area (Å²) in [5, 5.41) is 0. The maximum Gasteiger partial charge on any atom is 0.256 e. The van der Waals surface area contributed by atoms with E-state index in [-0.39, 0.29) is 5.56 Å². The van der Waals surface area contributed by atoms with Crippen molar-refractivity contribution in [1.29, 1.82) is 0 Å². The lowest BCUT2D eigenvalue weighted by Gasteiger charge is -2.20. The van der Waals surface area contributed by atoms with Gasteiger partial charge in [-0.3, -0.25) is 4.79 Å². The number of rotatable bonds is 1. The van der Waals surface area contributed by atoms with Crippen molar-refractivity contribution in [3.63, 3.8) is 0 Å². The molecule has 1 heterocycles. The Morgan fingerprint density at radius 2 is 2.06 bits per heavy atom. The molecule has 1 amide bonds. The van der Waals surface area contributed by atoms with Crippen LogP contribution >= 0.6 is 11.8 Å². The highest BCUT2D eigenvalue weighted by Gasteiger charge is 2.21. The van der Waals surface area contributed by atoms with Crippen LogP contribution in [0.2, 0.25) is 0 Å². The standard InChI is InChI=1S/C12H13F2NOS/c13-10-4-1-3-9(11(10)14)12(16)15-5-2-7-17-8-6-15/h1,3-4H,2,5-8H2. The molecule has 0 unspecified atom stereocenters. The van der Waals surface area contributed by atoms with E-state index in [1.807, 2.05) is 0 Å². The van der Waals surface area contributed by atoms with E-state index in [1.165, 1.54) is 12.1 Å². The van der Waals surface area contributed by atoms with E-state index in [2.05, 4.69) is 0 Å². The molecule has 1 fully saturated rings. The average molecular weight is 257 g/mol. The highest BCUT2D eigenvalue weighted by molar-refractivity contribution is 7.99. The predicted molar refractivity (Wildman–Crippen MR) is 64.2 cm³/mol. The van der Waals surface area contributed by atoms with Gasteiger partial charge in [-0.15, -0.1) is 0 Å². The minimum Gasteiger partial charge on any atom is -0.338 e. The third kappa shape index (κ3) is 2.77. The first kappa shape index (κ1) is 12.4. The maximum atomic E-state index is 13.5. The Labute approximate surface area is 103 Å². The van der Waals surface area contributed by atoms with Crippen LogP contribution in [0.5, 0.6) is 0 Å². The van der Waals surface area contributed by atoms with Gasteiger partial charge >= 0.3 is 0 Å². The van der Waals surface area contributed by atoms with Crippen LogP contribution in [-0.2, 0) is 0 Å². The fraction of sp³-hybridized carbons (Fsp3) is 0.417. The quantitative estimate of drug-likeness (QED) is 0.770. The molecule has 0 atom stereocenters. The molecule has 0 N–H and O–H groups in total. The second kappa shape index (κ2) is 5.49. The summed E-state index contributed by atoms with van der Waals surface area (Å²) in [5.74, 6) is -0.572. The lowest BCUT2D eigenvalue weighted by molar-refractivity contribution is 0.0762. The Balaban J connectivity index is 2.20. The second-order valence-electron chi connectivity index (χ2n) is 3.86. The van der Waals surface area contributed by atoms with Gasteiger partial charge in [0.2, 0.25) is 0 Å². The first-order chi connectivity index (χ1) is 8.20. The molecule has 0 radical (unpaired) electrons. The largest absolute Gasteiger partial charge is 0.338 e. The van der Waals surface area contributed by atoms with E-state index < -0.39 is 17.5 Å². The third-order valence-corrected chi connectivity index (χ3v) is 3.74. The lowest BCUT2D eigenvalue weighted by atomic mass is 10.1. The Morgan fingerprint density at radius 1 is 1.24 bits per heavy atom. The molecule has 2 rings (SSSR count). The molecule has 1 aromatic carbocycles. The van der Waals surface area contributed by atoms with E-state index in [1.54, 1.807) is 16.7 Å². The van der Waals surface area contributed by atoms with E-state index in [0.717, 1.165) is 24.0 Å². The monoisotopic (exact) mass is 257 g/mol. The van der Waals surface area contributed by atoms with Crippen LogP contribution in [0.1, 0.15) is 16.8 Å². The summed E-state index contributed by atoms with van der Waals surface area (Å²) < 4.78 is 26.5. The summed E-state index contributed by atoms with van der Waals surface area (Å²) in [6.45, 7) is 1.21. The number of hydrogen-bond donors (Lipinski definition) is 0. The van der Waals surface area contributed by atoms with Crippen molar-refractivity contribution in [2.24, 2.45) is 0 Å². The Bertz CT molecular complexity index is 417. The van der Waals surface area contributed by atoms with Gasteiger partial charge < -0.3 is 4.90 Å². The zero-order valence-electron chi connectivity index (χ0n) is 9.29. The number of nitrogens with zero attached hydrogens (tertiary/aromatic N) is 1. The number of carbonyl (C=O) groups is 1. The molecular weight excluding hydrogens is 244 g/mol.